The first-order valence-corrected chi connectivity index (χ1v) is 6.30. The van der Waals surface area contributed by atoms with E-state index in [2.05, 4.69) is 30.9 Å². The molecule has 2 heterocycles. The quantitative estimate of drug-likeness (QED) is 0.678. The lowest BCUT2D eigenvalue weighted by molar-refractivity contribution is 1.29. The molecule has 4 nitrogen and oxygen atoms in total. The van der Waals surface area contributed by atoms with Gasteiger partial charge in [-0.2, -0.15) is 0 Å². The van der Waals surface area contributed by atoms with Crippen molar-refractivity contribution in [2.24, 2.45) is 0 Å². The largest absolute Gasteiger partial charge is 0.398 e. The van der Waals surface area contributed by atoms with Crippen LogP contribution >= 0.6 is 15.9 Å². The molecular formula is C13H11BrN4. The molecule has 2 aromatic heterocycles. The lowest BCUT2D eigenvalue weighted by Gasteiger charge is -2.01. The molecule has 0 aliphatic heterocycles. The zero-order chi connectivity index (χ0) is 12.7. The van der Waals surface area contributed by atoms with Gasteiger partial charge >= 0.3 is 0 Å². The minimum Gasteiger partial charge on any atom is -0.398 e. The zero-order valence-electron chi connectivity index (χ0n) is 9.74. The van der Waals surface area contributed by atoms with Gasteiger partial charge < -0.3 is 10.7 Å². The summed E-state index contributed by atoms with van der Waals surface area (Å²) in [5.41, 5.74) is 10.3. The van der Waals surface area contributed by atoms with E-state index in [1.54, 1.807) is 6.20 Å². The first-order chi connectivity index (χ1) is 8.63. The number of aromatic amines is 1. The summed E-state index contributed by atoms with van der Waals surface area (Å²) in [5.74, 6) is 0.780. The van der Waals surface area contributed by atoms with E-state index in [1.807, 2.05) is 31.2 Å². The first-order valence-electron chi connectivity index (χ1n) is 5.51. The van der Waals surface area contributed by atoms with Crippen molar-refractivity contribution in [3.63, 3.8) is 0 Å². The third-order valence-corrected chi connectivity index (χ3v) is 3.29. The van der Waals surface area contributed by atoms with Gasteiger partial charge in [-0.3, -0.25) is 0 Å². The molecule has 3 aromatic rings. The van der Waals surface area contributed by atoms with Crippen LogP contribution in [-0.4, -0.2) is 15.0 Å². The number of benzene rings is 1. The Morgan fingerprint density at radius 2 is 2.11 bits per heavy atom. The average molecular weight is 303 g/mol. The molecule has 0 spiro atoms. The lowest BCUT2D eigenvalue weighted by atomic mass is 10.1. The Morgan fingerprint density at radius 3 is 2.89 bits per heavy atom. The second-order valence-electron chi connectivity index (χ2n) is 4.18. The van der Waals surface area contributed by atoms with Gasteiger partial charge in [0, 0.05) is 21.9 Å². The van der Waals surface area contributed by atoms with Crippen LogP contribution in [0.1, 0.15) is 5.56 Å². The van der Waals surface area contributed by atoms with Crippen molar-refractivity contribution in [1.82, 2.24) is 15.0 Å². The highest BCUT2D eigenvalue weighted by molar-refractivity contribution is 9.10. The second-order valence-corrected chi connectivity index (χ2v) is 5.10. The number of aryl methyl sites for hydroxylation is 1. The SMILES string of the molecule is Cc1ccc(-c2nc3ncc(Br)cc3[nH]2)cc1N. The summed E-state index contributed by atoms with van der Waals surface area (Å²) >= 11 is 3.39. The van der Waals surface area contributed by atoms with E-state index >= 15 is 0 Å². The molecule has 0 saturated carbocycles. The van der Waals surface area contributed by atoms with Crippen molar-refractivity contribution in [1.29, 1.82) is 0 Å². The van der Waals surface area contributed by atoms with Crippen LogP contribution in [0.2, 0.25) is 0 Å². The summed E-state index contributed by atoms with van der Waals surface area (Å²) in [6, 6.07) is 7.86. The van der Waals surface area contributed by atoms with E-state index in [9.17, 15) is 0 Å². The normalized spacial score (nSPS) is 11.0. The summed E-state index contributed by atoms with van der Waals surface area (Å²) in [6.45, 7) is 1.98. The summed E-state index contributed by atoms with van der Waals surface area (Å²) in [7, 11) is 0. The molecule has 1 aromatic carbocycles. The predicted molar refractivity (Wildman–Crippen MR) is 76.2 cm³/mol. The molecule has 0 bridgehead atoms. The van der Waals surface area contributed by atoms with Gasteiger partial charge in [-0.1, -0.05) is 12.1 Å². The highest BCUT2D eigenvalue weighted by atomic mass is 79.9. The number of rotatable bonds is 1. The third kappa shape index (κ3) is 1.86. The fraction of sp³-hybridized carbons (Fsp3) is 0.0769. The maximum Gasteiger partial charge on any atom is 0.178 e. The van der Waals surface area contributed by atoms with Crippen molar-refractivity contribution in [2.75, 3.05) is 5.73 Å². The molecule has 5 heteroatoms. The van der Waals surface area contributed by atoms with Gasteiger partial charge in [0.1, 0.15) is 5.82 Å². The number of nitrogen functional groups attached to an aromatic ring is 1. The fourth-order valence-electron chi connectivity index (χ4n) is 1.80. The van der Waals surface area contributed by atoms with Crippen LogP contribution in [0.15, 0.2) is 34.9 Å². The van der Waals surface area contributed by atoms with E-state index in [0.29, 0.717) is 5.65 Å². The highest BCUT2D eigenvalue weighted by Gasteiger charge is 2.07. The minimum atomic E-state index is 0.701. The van der Waals surface area contributed by atoms with Crippen molar-refractivity contribution in [3.05, 3.63) is 40.5 Å². The van der Waals surface area contributed by atoms with Crippen molar-refractivity contribution in [2.45, 2.75) is 6.92 Å². The smallest absolute Gasteiger partial charge is 0.178 e. The number of H-pyrrole nitrogens is 1. The monoisotopic (exact) mass is 302 g/mol. The van der Waals surface area contributed by atoms with Gasteiger partial charge in [-0.15, -0.1) is 0 Å². The molecule has 3 N–H and O–H groups in total. The Bertz CT molecular complexity index is 733. The first kappa shape index (κ1) is 11.2. The van der Waals surface area contributed by atoms with Gasteiger partial charge in [0.05, 0.1) is 5.52 Å². The Hall–Kier alpha value is -1.88. The number of hydrogen-bond acceptors (Lipinski definition) is 3. The topological polar surface area (TPSA) is 67.6 Å². The molecule has 0 unspecified atom stereocenters. The number of nitrogens with two attached hydrogens (primary N) is 1. The van der Waals surface area contributed by atoms with Crippen molar-refractivity contribution >= 4 is 32.8 Å². The number of aromatic nitrogens is 3. The molecule has 0 aliphatic rings. The summed E-state index contributed by atoms with van der Waals surface area (Å²) < 4.78 is 0.925. The van der Waals surface area contributed by atoms with Gasteiger partial charge in [-0.05, 0) is 40.5 Å². The number of hydrogen-bond donors (Lipinski definition) is 2. The summed E-state index contributed by atoms with van der Waals surface area (Å²) in [5, 5.41) is 0. The zero-order valence-corrected chi connectivity index (χ0v) is 11.3. The van der Waals surface area contributed by atoms with Crippen LogP contribution in [0.4, 0.5) is 5.69 Å². The number of anilines is 1. The van der Waals surface area contributed by atoms with Crippen LogP contribution in [0.3, 0.4) is 0 Å². The van der Waals surface area contributed by atoms with Crippen molar-refractivity contribution in [3.8, 4) is 11.4 Å². The number of fused-ring (bicyclic) bond motifs is 1. The maximum absolute atomic E-state index is 5.91. The molecule has 18 heavy (non-hydrogen) atoms. The Morgan fingerprint density at radius 1 is 1.28 bits per heavy atom. The van der Waals surface area contributed by atoms with Gasteiger partial charge in [0.25, 0.3) is 0 Å². The van der Waals surface area contributed by atoms with Gasteiger partial charge in [-0.25, -0.2) is 9.97 Å². The van der Waals surface area contributed by atoms with Gasteiger partial charge in [0.15, 0.2) is 5.65 Å². The van der Waals surface area contributed by atoms with E-state index in [1.165, 1.54) is 0 Å². The van der Waals surface area contributed by atoms with Crippen LogP contribution in [-0.2, 0) is 0 Å². The molecule has 0 amide bonds. The van der Waals surface area contributed by atoms with E-state index < -0.39 is 0 Å². The minimum absolute atomic E-state index is 0.701. The van der Waals surface area contributed by atoms with E-state index in [-0.39, 0.29) is 0 Å². The highest BCUT2D eigenvalue weighted by Crippen LogP contribution is 2.24. The fourth-order valence-corrected chi connectivity index (χ4v) is 2.13. The number of halogens is 1. The third-order valence-electron chi connectivity index (χ3n) is 2.86. The van der Waals surface area contributed by atoms with Crippen LogP contribution in [0.5, 0.6) is 0 Å². The number of nitrogens with zero attached hydrogens (tertiary/aromatic N) is 2. The molecule has 0 aliphatic carbocycles. The van der Waals surface area contributed by atoms with Crippen LogP contribution in [0.25, 0.3) is 22.6 Å². The molecule has 90 valence electrons. The lowest BCUT2D eigenvalue weighted by Crippen LogP contribution is -1.90. The standard InChI is InChI=1S/C13H11BrN4/c1-7-2-3-8(4-10(7)15)12-17-11-5-9(14)6-16-13(11)18-12/h2-6H,15H2,1H3,(H,16,17,18). The molecule has 3 rings (SSSR count). The predicted octanol–water partition coefficient (Wildman–Crippen LogP) is 3.28. The number of imidazole rings is 1. The van der Waals surface area contributed by atoms with E-state index in [4.69, 9.17) is 5.73 Å². The van der Waals surface area contributed by atoms with E-state index in [0.717, 1.165) is 32.6 Å². The Kier molecular flexibility index (Phi) is 2.56. The summed E-state index contributed by atoms with van der Waals surface area (Å²) in [4.78, 5) is 11.9. The Labute approximate surface area is 112 Å². The van der Waals surface area contributed by atoms with Crippen molar-refractivity contribution < 1.29 is 0 Å². The molecule has 0 saturated heterocycles. The number of pyridine rings is 1. The van der Waals surface area contributed by atoms with Gasteiger partial charge in [0.2, 0.25) is 0 Å². The average Bonchev–Trinajstić information content (AvgIpc) is 2.75. The number of nitrogens with one attached hydrogen (secondary N) is 1. The van der Waals surface area contributed by atoms with Crippen LogP contribution < -0.4 is 5.73 Å². The molecule has 0 atom stereocenters. The Balaban J connectivity index is 2.16. The second kappa shape index (κ2) is 4.10. The van der Waals surface area contributed by atoms with Crippen LogP contribution in [0, 0.1) is 6.92 Å². The maximum atomic E-state index is 5.91. The molecular weight excluding hydrogens is 292 g/mol. The summed E-state index contributed by atoms with van der Waals surface area (Å²) in [6.07, 6.45) is 1.73. The molecule has 0 radical (unpaired) electrons. The molecule has 0 fully saturated rings.